The maximum atomic E-state index is 12.2. The highest BCUT2D eigenvalue weighted by Gasteiger charge is 2.28. The van der Waals surface area contributed by atoms with Crippen LogP contribution in [0.1, 0.15) is 53.4 Å². The van der Waals surface area contributed by atoms with Crippen molar-refractivity contribution in [3.8, 4) is 0 Å². The average molecular weight is 284 g/mol. The number of urea groups is 1. The minimum atomic E-state index is -0.956. The topological polar surface area (TPSA) is 69.6 Å². The Balaban J connectivity index is 2.58. The monoisotopic (exact) mass is 284 g/mol. The van der Waals surface area contributed by atoms with Crippen molar-refractivity contribution in [2.24, 2.45) is 11.3 Å². The van der Waals surface area contributed by atoms with Gasteiger partial charge in [0.1, 0.15) is 6.04 Å². The van der Waals surface area contributed by atoms with Gasteiger partial charge in [0.05, 0.1) is 0 Å². The first-order chi connectivity index (χ1) is 9.21. The van der Waals surface area contributed by atoms with Gasteiger partial charge < -0.3 is 15.3 Å². The molecule has 0 bridgehead atoms. The molecule has 1 saturated heterocycles. The molecule has 0 aromatic carbocycles. The van der Waals surface area contributed by atoms with Gasteiger partial charge in [-0.1, -0.05) is 27.7 Å². The Labute approximate surface area is 121 Å². The Hall–Kier alpha value is -1.26. The van der Waals surface area contributed by atoms with Gasteiger partial charge in [-0.25, -0.2) is 9.59 Å². The summed E-state index contributed by atoms with van der Waals surface area (Å²) in [6.45, 7) is 9.75. The quantitative estimate of drug-likeness (QED) is 0.834. The van der Waals surface area contributed by atoms with E-state index in [0.717, 1.165) is 19.3 Å². The Kier molecular flexibility index (Phi) is 5.84. The zero-order chi connectivity index (χ0) is 15.3. The van der Waals surface area contributed by atoms with Gasteiger partial charge in [-0.3, -0.25) is 0 Å². The van der Waals surface area contributed by atoms with Gasteiger partial charge in [0.25, 0.3) is 0 Å². The molecule has 0 radical (unpaired) electrons. The minimum Gasteiger partial charge on any atom is -0.480 e. The number of aliphatic carboxylic acids is 1. The summed E-state index contributed by atoms with van der Waals surface area (Å²) in [4.78, 5) is 25.2. The smallest absolute Gasteiger partial charge is 0.326 e. The van der Waals surface area contributed by atoms with E-state index in [9.17, 15) is 14.7 Å². The highest BCUT2D eigenvalue weighted by Crippen LogP contribution is 2.29. The van der Waals surface area contributed by atoms with Crippen LogP contribution in [0.4, 0.5) is 4.79 Å². The Morgan fingerprint density at radius 3 is 2.45 bits per heavy atom. The molecule has 1 rings (SSSR count). The fourth-order valence-corrected chi connectivity index (χ4v) is 2.56. The largest absolute Gasteiger partial charge is 0.480 e. The Bertz CT molecular complexity index is 353. The maximum absolute atomic E-state index is 12.2. The Morgan fingerprint density at radius 2 is 1.90 bits per heavy atom. The number of carbonyl (C=O) groups excluding carboxylic acids is 1. The lowest BCUT2D eigenvalue weighted by Crippen LogP contribution is -2.48. The fraction of sp³-hybridized carbons (Fsp3) is 0.867. The van der Waals surface area contributed by atoms with Crippen LogP contribution in [0.25, 0.3) is 0 Å². The van der Waals surface area contributed by atoms with Gasteiger partial charge >= 0.3 is 12.0 Å². The predicted molar refractivity (Wildman–Crippen MR) is 78.6 cm³/mol. The molecule has 1 heterocycles. The molecule has 2 N–H and O–H groups in total. The van der Waals surface area contributed by atoms with Gasteiger partial charge in [-0.2, -0.15) is 0 Å². The van der Waals surface area contributed by atoms with Crippen molar-refractivity contribution in [3.05, 3.63) is 0 Å². The molecule has 5 heteroatoms. The van der Waals surface area contributed by atoms with Crippen molar-refractivity contribution < 1.29 is 14.7 Å². The van der Waals surface area contributed by atoms with Crippen LogP contribution in [0.3, 0.4) is 0 Å². The van der Waals surface area contributed by atoms with Crippen molar-refractivity contribution >= 4 is 12.0 Å². The molecule has 20 heavy (non-hydrogen) atoms. The molecular formula is C15H28N2O3. The first-order valence-corrected chi connectivity index (χ1v) is 7.49. The van der Waals surface area contributed by atoms with E-state index in [4.69, 9.17) is 0 Å². The third-order valence-corrected chi connectivity index (χ3v) is 3.93. The number of likely N-dealkylation sites (tertiary alicyclic amines) is 1. The zero-order valence-corrected chi connectivity index (χ0v) is 13.1. The number of nitrogens with zero attached hydrogens (tertiary/aromatic N) is 1. The van der Waals surface area contributed by atoms with E-state index in [0.29, 0.717) is 19.5 Å². The highest BCUT2D eigenvalue weighted by molar-refractivity contribution is 5.82. The van der Waals surface area contributed by atoms with Crippen molar-refractivity contribution in [3.63, 3.8) is 0 Å². The molecule has 0 saturated carbocycles. The van der Waals surface area contributed by atoms with Gasteiger partial charge in [-0.05, 0) is 37.0 Å². The molecule has 1 aliphatic heterocycles. The molecule has 0 unspecified atom stereocenters. The molecule has 0 aliphatic carbocycles. The van der Waals surface area contributed by atoms with Gasteiger partial charge in [0.2, 0.25) is 0 Å². The van der Waals surface area contributed by atoms with Crippen LogP contribution in [0.5, 0.6) is 0 Å². The number of carboxylic acids is 1. The van der Waals surface area contributed by atoms with Crippen molar-refractivity contribution in [1.29, 1.82) is 0 Å². The summed E-state index contributed by atoms with van der Waals surface area (Å²) in [5.41, 5.74) is 0.263. The van der Waals surface area contributed by atoms with Gasteiger partial charge in [0.15, 0.2) is 0 Å². The van der Waals surface area contributed by atoms with Crippen molar-refractivity contribution in [2.45, 2.75) is 59.4 Å². The first-order valence-electron chi connectivity index (χ1n) is 7.49. The standard InChI is InChI=1S/C15H28N2O3/c1-11(2)10-12(13(18)19)16-14(20)17-8-5-6-15(3,4)7-9-17/h11-12H,5-10H2,1-4H3,(H,16,20)(H,18,19)/t12-/m0/s1. The number of hydrogen-bond donors (Lipinski definition) is 2. The second kappa shape index (κ2) is 6.95. The predicted octanol–water partition coefficient (Wildman–Crippen LogP) is 2.71. The van der Waals surface area contributed by atoms with E-state index >= 15 is 0 Å². The summed E-state index contributed by atoms with van der Waals surface area (Å²) in [6.07, 6.45) is 3.50. The molecule has 2 amide bonds. The highest BCUT2D eigenvalue weighted by atomic mass is 16.4. The normalized spacial score (nSPS) is 20.4. The Morgan fingerprint density at radius 1 is 1.25 bits per heavy atom. The van der Waals surface area contributed by atoms with Crippen LogP contribution in [-0.2, 0) is 4.79 Å². The number of nitrogens with one attached hydrogen (secondary N) is 1. The molecular weight excluding hydrogens is 256 g/mol. The van der Waals surface area contributed by atoms with E-state index < -0.39 is 12.0 Å². The van der Waals surface area contributed by atoms with E-state index in [-0.39, 0.29) is 17.4 Å². The maximum Gasteiger partial charge on any atom is 0.326 e. The van der Waals surface area contributed by atoms with Crippen LogP contribution in [0.15, 0.2) is 0 Å². The summed E-state index contributed by atoms with van der Waals surface area (Å²) in [5, 5.41) is 11.8. The van der Waals surface area contributed by atoms with Crippen LogP contribution in [0.2, 0.25) is 0 Å². The number of hydrogen-bond acceptors (Lipinski definition) is 2. The van der Waals surface area contributed by atoms with Crippen molar-refractivity contribution in [2.75, 3.05) is 13.1 Å². The van der Waals surface area contributed by atoms with Crippen LogP contribution in [0, 0.1) is 11.3 Å². The molecule has 1 fully saturated rings. The lowest BCUT2D eigenvalue weighted by Gasteiger charge is -2.25. The second-order valence-electron chi connectivity index (χ2n) is 6.97. The fourth-order valence-electron chi connectivity index (χ4n) is 2.56. The number of rotatable bonds is 4. The number of amides is 2. The van der Waals surface area contributed by atoms with Gasteiger partial charge in [0, 0.05) is 13.1 Å². The average Bonchev–Trinajstić information content (AvgIpc) is 2.48. The molecule has 0 aromatic rings. The summed E-state index contributed by atoms with van der Waals surface area (Å²) < 4.78 is 0. The molecule has 1 aliphatic rings. The molecule has 0 spiro atoms. The molecule has 1 atom stereocenters. The van der Waals surface area contributed by atoms with Crippen molar-refractivity contribution in [1.82, 2.24) is 10.2 Å². The van der Waals surface area contributed by atoms with E-state index in [1.54, 1.807) is 4.90 Å². The minimum absolute atomic E-state index is 0.236. The molecule has 0 aromatic heterocycles. The lowest BCUT2D eigenvalue weighted by atomic mass is 9.85. The van der Waals surface area contributed by atoms with Crippen LogP contribution in [-0.4, -0.2) is 41.1 Å². The van der Waals surface area contributed by atoms with Crippen LogP contribution >= 0.6 is 0 Å². The summed E-state index contributed by atoms with van der Waals surface area (Å²) in [7, 11) is 0. The number of carboxylic acid groups (broad SMARTS) is 1. The van der Waals surface area contributed by atoms with E-state index in [1.807, 2.05) is 13.8 Å². The third kappa shape index (κ3) is 5.39. The third-order valence-electron chi connectivity index (χ3n) is 3.93. The zero-order valence-electron chi connectivity index (χ0n) is 13.1. The van der Waals surface area contributed by atoms with E-state index in [2.05, 4.69) is 19.2 Å². The summed E-state index contributed by atoms with van der Waals surface area (Å²) in [5.74, 6) is -0.721. The van der Waals surface area contributed by atoms with Gasteiger partial charge in [-0.15, -0.1) is 0 Å². The van der Waals surface area contributed by atoms with E-state index in [1.165, 1.54) is 0 Å². The molecule has 5 nitrogen and oxygen atoms in total. The SMILES string of the molecule is CC(C)C[C@H](NC(=O)N1CCCC(C)(C)CC1)C(=O)O. The molecule has 116 valence electrons. The first kappa shape index (κ1) is 16.8. The summed E-state index contributed by atoms with van der Waals surface area (Å²) >= 11 is 0. The number of carbonyl (C=O) groups is 2. The van der Waals surface area contributed by atoms with Crippen LogP contribution < -0.4 is 5.32 Å². The second-order valence-corrected chi connectivity index (χ2v) is 6.97. The summed E-state index contributed by atoms with van der Waals surface area (Å²) in [6, 6.07) is -1.03. The lowest BCUT2D eigenvalue weighted by molar-refractivity contribution is -0.139.